The Hall–Kier alpha value is -3.91. The Labute approximate surface area is 172 Å². The Bertz CT molecular complexity index is 1380. The molecule has 150 valence electrons. The van der Waals surface area contributed by atoms with Crippen LogP contribution in [-0.4, -0.2) is 29.6 Å². The van der Waals surface area contributed by atoms with Crippen molar-refractivity contribution in [3.8, 4) is 16.9 Å². The average Bonchev–Trinajstić information content (AvgIpc) is 2.73. The molecule has 4 rings (SSSR count). The van der Waals surface area contributed by atoms with Gasteiger partial charge >= 0.3 is 5.97 Å². The van der Waals surface area contributed by atoms with Crippen LogP contribution in [0.1, 0.15) is 10.4 Å². The molecule has 0 fully saturated rings. The van der Waals surface area contributed by atoms with Gasteiger partial charge < -0.3 is 10.2 Å². The van der Waals surface area contributed by atoms with Crippen molar-refractivity contribution in [2.75, 3.05) is 4.72 Å². The first kappa shape index (κ1) is 19.4. The number of carboxylic acids is 1. The van der Waals surface area contributed by atoms with Crippen molar-refractivity contribution in [1.82, 2.24) is 4.98 Å². The summed E-state index contributed by atoms with van der Waals surface area (Å²) in [6.45, 7) is 0. The van der Waals surface area contributed by atoms with E-state index >= 15 is 0 Å². The lowest BCUT2D eigenvalue weighted by Crippen LogP contribution is -2.13. The summed E-state index contributed by atoms with van der Waals surface area (Å²) in [7, 11) is -3.96. The number of hydrogen-bond donors (Lipinski definition) is 3. The molecule has 3 N–H and O–H groups in total. The highest BCUT2D eigenvalue weighted by Gasteiger charge is 2.17. The molecule has 0 aliphatic heterocycles. The van der Waals surface area contributed by atoms with Gasteiger partial charge in [-0.05, 0) is 53.6 Å². The lowest BCUT2D eigenvalue weighted by atomic mass is 10.0. The minimum absolute atomic E-state index is 0.0353. The molecule has 0 spiro atoms. The van der Waals surface area contributed by atoms with E-state index < -0.39 is 21.7 Å². The third kappa shape index (κ3) is 3.81. The summed E-state index contributed by atoms with van der Waals surface area (Å²) < 4.78 is 28.0. The van der Waals surface area contributed by atoms with Crippen molar-refractivity contribution in [2.45, 2.75) is 4.90 Å². The van der Waals surface area contributed by atoms with Crippen LogP contribution in [0.5, 0.6) is 5.75 Å². The summed E-state index contributed by atoms with van der Waals surface area (Å²) in [4.78, 5) is 15.3. The molecule has 30 heavy (non-hydrogen) atoms. The van der Waals surface area contributed by atoms with Crippen LogP contribution in [0.2, 0.25) is 0 Å². The lowest BCUT2D eigenvalue weighted by molar-refractivity contribution is 0.0694. The molecule has 0 aliphatic rings. The van der Waals surface area contributed by atoms with E-state index in [1.807, 2.05) is 36.4 Å². The van der Waals surface area contributed by atoms with Crippen molar-refractivity contribution in [3.05, 3.63) is 84.6 Å². The van der Waals surface area contributed by atoms with E-state index in [0.717, 1.165) is 28.6 Å². The molecule has 0 saturated heterocycles. The topological polar surface area (TPSA) is 117 Å². The van der Waals surface area contributed by atoms with E-state index in [1.54, 1.807) is 18.3 Å². The number of carboxylic acid groups (broad SMARTS) is 1. The quantitative estimate of drug-likeness (QED) is 0.447. The SMILES string of the molecule is O=C(O)c1ccc(NS(=O)(=O)c2cccc(-c3ccc4ncccc4c3)c2)cc1O. The molecule has 0 amide bonds. The number of hydrogen-bond acceptors (Lipinski definition) is 5. The van der Waals surface area contributed by atoms with Gasteiger partial charge in [-0.25, -0.2) is 13.2 Å². The molecule has 0 aliphatic carbocycles. The maximum Gasteiger partial charge on any atom is 0.339 e. The molecule has 0 saturated carbocycles. The molecule has 0 bridgehead atoms. The maximum atomic E-state index is 12.8. The fourth-order valence-corrected chi connectivity index (χ4v) is 4.18. The predicted octanol–water partition coefficient (Wildman–Crippen LogP) is 4.11. The van der Waals surface area contributed by atoms with Gasteiger partial charge in [0, 0.05) is 17.6 Å². The Balaban J connectivity index is 1.66. The second kappa shape index (κ2) is 7.49. The Morgan fingerprint density at radius 2 is 1.70 bits per heavy atom. The molecule has 1 heterocycles. The molecule has 7 nitrogen and oxygen atoms in total. The lowest BCUT2D eigenvalue weighted by Gasteiger charge is -2.11. The normalized spacial score (nSPS) is 11.3. The number of phenols is 1. The second-order valence-electron chi connectivity index (χ2n) is 6.58. The van der Waals surface area contributed by atoms with Gasteiger partial charge in [0.05, 0.1) is 16.1 Å². The van der Waals surface area contributed by atoms with Gasteiger partial charge in [0.1, 0.15) is 11.3 Å². The molecule has 0 atom stereocenters. The van der Waals surface area contributed by atoms with Gasteiger partial charge in [0.15, 0.2) is 0 Å². The van der Waals surface area contributed by atoms with Crippen molar-refractivity contribution in [2.24, 2.45) is 0 Å². The second-order valence-corrected chi connectivity index (χ2v) is 8.26. The van der Waals surface area contributed by atoms with Gasteiger partial charge in [-0.1, -0.05) is 24.3 Å². The number of anilines is 1. The minimum Gasteiger partial charge on any atom is -0.507 e. The van der Waals surface area contributed by atoms with Crippen LogP contribution >= 0.6 is 0 Å². The number of benzene rings is 3. The van der Waals surface area contributed by atoms with E-state index in [2.05, 4.69) is 9.71 Å². The zero-order valence-electron chi connectivity index (χ0n) is 15.5. The summed E-state index contributed by atoms with van der Waals surface area (Å²) in [6, 6.07) is 19.4. The van der Waals surface area contributed by atoms with E-state index in [-0.39, 0.29) is 16.1 Å². The molecule has 8 heteroatoms. The van der Waals surface area contributed by atoms with Gasteiger partial charge in [0.2, 0.25) is 0 Å². The number of rotatable bonds is 5. The highest BCUT2D eigenvalue weighted by molar-refractivity contribution is 7.92. The van der Waals surface area contributed by atoms with Crippen LogP contribution in [0, 0.1) is 0 Å². The number of nitrogens with zero attached hydrogens (tertiary/aromatic N) is 1. The van der Waals surface area contributed by atoms with E-state index in [9.17, 15) is 18.3 Å². The number of aromatic hydroxyl groups is 1. The zero-order chi connectivity index (χ0) is 21.3. The van der Waals surface area contributed by atoms with Crippen LogP contribution in [-0.2, 0) is 10.0 Å². The van der Waals surface area contributed by atoms with Crippen molar-refractivity contribution >= 4 is 32.6 Å². The molecule has 0 radical (unpaired) electrons. The Morgan fingerprint density at radius 1 is 0.900 bits per heavy atom. The van der Waals surface area contributed by atoms with Crippen LogP contribution < -0.4 is 4.72 Å². The Morgan fingerprint density at radius 3 is 2.47 bits per heavy atom. The molecule has 3 aromatic carbocycles. The Kier molecular flexibility index (Phi) is 4.85. The van der Waals surface area contributed by atoms with Crippen molar-refractivity contribution in [1.29, 1.82) is 0 Å². The largest absolute Gasteiger partial charge is 0.507 e. The van der Waals surface area contributed by atoms with Crippen LogP contribution in [0.4, 0.5) is 5.69 Å². The number of sulfonamides is 1. The molecular formula is C22H16N2O5S. The first-order valence-corrected chi connectivity index (χ1v) is 10.4. The molecule has 0 unspecified atom stereocenters. The number of aromatic carboxylic acids is 1. The monoisotopic (exact) mass is 420 g/mol. The standard InChI is InChI=1S/C22H16N2O5S/c25-21-13-17(7-8-19(21)22(26)27)24-30(28,29)18-5-1-3-14(12-18)15-6-9-20-16(11-15)4-2-10-23-20/h1-13,24-25H,(H,26,27). The van der Waals surface area contributed by atoms with Gasteiger partial charge in [-0.15, -0.1) is 0 Å². The number of pyridine rings is 1. The molecular weight excluding hydrogens is 404 g/mol. The first-order chi connectivity index (χ1) is 14.3. The summed E-state index contributed by atoms with van der Waals surface area (Å²) in [6.07, 6.45) is 1.71. The maximum absolute atomic E-state index is 12.8. The number of nitrogens with one attached hydrogen (secondary N) is 1. The average molecular weight is 420 g/mol. The van der Waals surface area contributed by atoms with E-state index in [1.165, 1.54) is 12.1 Å². The summed E-state index contributed by atoms with van der Waals surface area (Å²) in [5, 5.41) is 19.7. The molecule has 4 aromatic rings. The smallest absolute Gasteiger partial charge is 0.339 e. The van der Waals surface area contributed by atoms with Crippen molar-refractivity contribution in [3.63, 3.8) is 0 Å². The molecule has 1 aromatic heterocycles. The van der Waals surface area contributed by atoms with Crippen molar-refractivity contribution < 1.29 is 23.4 Å². The van der Waals surface area contributed by atoms with Gasteiger partial charge in [0.25, 0.3) is 10.0 Å². The highest BCUT2D eigenvalue weighted by atomic mass is 32.2. The fourth-order valence-electron chi connectivity index (χ4n) is 3.09. The number of aromatic nitrogens is 1. The van der Waals surface area contributed by atoms with Crippen LogP contribution in [0.3, 0.4) is 0 Å². The number of fused-ring (bicyclic) bond motifs is 1. The summed E-state index contributed by atoms with van der Waals surface area (Å²) >= 11 is 0. The number of carbonyl (C=O) groups is 1. The first-order valence-electron chi connectivity index (χ1n) is 8.88. The van der Waals surface area contributed by atoms with E-state index in [0.29, 0.717) is 5.56 Å². The van der Waals surface area contributed by atoms with Crippen LogP contribution in [0.25, 0.3) is 22.0 Å². The third-order valence-electron chi connectivity index (χ3n) is 4.56. The fraction of sp³-hybridized carbons (Fsp3) is 0. The van der Waals surface area contributed by atoms with Crippen LogP contribution in [0.15, 0.2) is 83.9 Å². The van der Waals surface area contributed by atoms with Gasteiger partial charge in [-0.3, -0.25) is 9.71 Å². The third-order valence-corrected chi connectivity index (χ3v) is 5.94. The highest BCUT2D eigenvalue weighted by Crippen LogP contribution is 2.28. The van der Waals surface area contributed by atoms with E-state index in [4.69, 9.17) is 5.11 Å². The zero-order valence-corrected chi connectivity index (χ0v) is 16.3. The van der Waals surface area contributed by atoms with Gasteiger partial charge in [-0.2, -0.15) is 0 Å². The predicted molar refractivity (Wildman–Crippen MR) is 113 cm³/mol. The minimum atomic E-state index is -3.96. The summed E-state index contributed by atoms with van der Waals surface area (Å²) in [5.41, 5.74) is 2.14. The summed E-state index contributed by atoms with van der Waals surface area (Å²) in [5.74, 6) is -1.83.